The van der Waals surface area contributed by atoms with Crippen LogP contribution in [0, 0.1) is 17.8 Å². The first-order chi connectivity index (χ1) is 10.4. The third-order valence-electron chi connectivity index (χ3n) is 5.33. The van der Waals surface area contributed by atoms with Crippen molar-refractivity contribution in [3.8, 4) is 0 Å². The second-order valence-corrected chi connectivity index (χ2v) is 8.55. The summed E-state index contributed by atoms with van der Waals surface area (Å²) in [5.74, 6) is 1.79. The molecule has 0 aromatic heterocycles. The molecule has 3 rings (SSSR count). The van der Waals surface area contributed by atoms with Gasteiger partial charge in [-0.15, -0.1) is 0 Å². The van der Waals surface area contributed by atoms with Gasteiger partial charge in [-0.2, -0.15) is 0 Å². The molecule has 5 heteroatoms. The highest BCUT2D eigenvalue weighted by atomic mass is 32.2. The van der Waals surface area contributed by atoms with Gasteiger partial charge in [0.1, 0.15) is 0 Å². The van der Waals surface area contributed by atoms with E-state index in [9.17, 15) is 13.2 Å². The fourth-order valence-electron chi connectivity index (χ4n) is 4.19. The van der Waals surface area contributed by atoms with Gasteiger partial charge in [0.15, 0.2) is 5.78 Å². The second kappa shape index (κ2) is 5.78. The van der Waals surface area contributed by atoms with Crippen molar-refractivity contribution < 1.29 is 13.2 Å². The average molecular weight is 321 g/mol. The summed E-state index contributed by atoms with van der Waals surface area (Å²) in [7, 11) is -3.57. The molecular formula is C17H23NO3S. The van der Waals surface area contributed by atoms with E-state index < -0.39 is 10.0 Å². The highest BCUT2D eigenvalue weighted by molar-refractivity contribution is 7.89. The lowest BCUT2D eigenvalue weighted by Gasteiger charge is -2.28. The summed E-state index contributed by atoms with van der Waals surface area (Å²) < 4.78 is 27.9. The Morgan fingerprint density at radius 1 is 1.27 bits per heavy atom. The fourth-order valence-corrected chi connectivity index (χ4v) is 5.53. The topological polar surface area (TPSA) is 63.2 Å². The highest BCUT2D eigenvalue weighted by Gasteiger charge is 2.42. The first kappa shape index (κ1) is 15.7. The van der Waals surface area contributed by atoms with Crippen LogP contribution in [-0.4, -0.2) is 20.2 Å². The first-order valence-electron chi connectivity index (χ1n) is 8.00. The van der Waals surface area contributed by atoms with E-state index >= 15 is 0 Å². The van der Waals surface area contributed by atoms with Crippen molar-refractivity contribution in [3.63, 3.8) is 0 Å². The summed E-state index contributed by atoms with van der Waals surface area (Å²) in [6.45, 7) is 3.41. The van der Waals surface area contributed by atoms with Gasteiger partial charge in [-0.05, 0) is 63.0 Å². The average Bonchev–Trinajstić information content (AvgIpc) is 3.09. The molecule has 0 radical (unpaired) electrons. The SMILES string of the molecule is CC(=O)c1cccc(S(=O)(=O)N[C@@H](C)[C@H]2C[C@H]3CC[C@H]2C3)c1. The number of sulfonamides is 1. The Morgan fingerprint density at radius 3 is 2.64 bits per heavy atom. The summed E-state index contributed by atoms with van der Waals surface area (Å²) in [6.07, 6.45) is 4.95. The van der Waals surface area contributed by atoms with Crippen molar-refractivity contribution in [2.24, 2.45) is 17.8 Å². The molecule has 22 heavy (non-hydrogen) atoms. The highest BCUT2D eigenvalue weighted by Crippen LogP contribution is 2.49. The van der Waals surface area contributed by atoms with Crippen LogP contribution in [0.3, 0.4) is 0 Å². The van der Waals surface area contributed by atoms with Crippen LogP contribution in [0.4, 0.5) is 0 Å². The predicted molar refractivity (Wildman–Crippen MR) is 85.2 cm³/mol. The van der Waals surface area contributed by atoms with Gasteiger partial charge in [0.2, 0.25) is 10.0 Å². The zero-order valence-electron chi connectivity index (χ0n) is 13.1. The number of fused-ring (bicyclic) bond motifs is 2. The minimum atomic E-state index is -3.57. The zero-order valence-corrected chi connectivity index (χ0v) is 13.9. The van der Waals surface area contributed by atoms with E-state index in [1.54, 1.807) is 18.2 Å². The van der Waals surface area contributed by atoms with Crippen LogP contribution in [0.15, 0.2) is 29.2 Å². The standard InChI is InChI=1S/C17H23NO3S/c1-11(17-9-13-6-7-15(17)8-13)18-22(20,21)16-5-3-4-14(10-16)12(2)19/h3-5,10-11,13,15,17-18H,6-9H2,1-2H3/t11-,13-,15-,17+/m0/s1. The zero-order chi connectivity index (χ0) is 15.9. The summed E-state index contributed by atoms with van der Waals surface area (Å²) >= 11 is 0. The molecule has 0 heterocycles. The third kappa shape index (κ3) is 2.97. The molecule has 2 bridgehead atoms. The van der Waals surface area contributed by atoms with Crippen LogP contribution in [0.25, 0.3) is 0 Å². The molecule has 1 N–H and O–H groups in total. The molecule has 1 aromatic rings. The van der Waals surface area contributed by atoms with E-state index in [0.29, 0.717) is 17.4 Å². The summed E-state index contributed by atoms with van der Waals surface area (Å²) in [6, 6.07) is 6.20. The number of hydrogen-bond donors (Lipinski definition) is 1. The van der Waals surface area contributed by atoms with Crippen molar-refractivity contribution in [3.05, 3.63) is 29.8 Å². The van der Waals surface area contributed by atoms with E-state index in [1.165, 1.54) is 32.3 Å². The maximum absolute atomic E-state index is 12.6. The molecule has 2 fully saturated rings. The van der Waals surface area contributed by atoms with E-state index in [-0.39, 0.29) is 16.7 Å². The van der Waals surface area contributed by atoms with Crippen molar-refractivity contribution >= 4 is 15.8 Å². The van der Waals surface area contributed by atoms with Gasteiger partial charge in [0.05, 0.1) is 4.90 Å². The number of carbonyl (C=O) groups is 1. The number of ketones is 1. The van der Waals surface area contributed by atoms with Crippen LogP contribution in [-0.2, 0) is 10.0 Å². The maximum atomic E-state index is 12.6. The van der Waals surface area contributed by atoms with E-state index in [1.807, 2.05) is 6.92 Å². The van der Waals surface area contributed by atoms with Crippen molar-refractivity contribution in [2.75, 3.05) is 0 Å². The van der Waals surface area contributed by atoms with Gasteiger partial charge in [-0.25, -0.2) is 13.1 Å². The molecule has 0 saturated heterocycles. The van der Waals surface area contributed by atoms with E-state index in [0.717, 1.165) is 12.3 Å². The van der Waals surface area contributed by atoms with Crippen molar-refractivity contribution in [1.82, 2.24) is 4.72 Å². The Kier molecular flexibility index (Phi) is 4.12. The van der Waals surface area contributed by atoms with Gasteiger partial charge >= 0.3 is 0 Å². The number of benzene rings is 1. The van der Waals surface area contributed by atoms with Crippen LogP contribution in [0.2, 0.25) is 0 Å². The Bertz CT molecular complexity index is 683. The number of carbonyl (C=O) groups excluding carboxylic acids is 1. The second-order valence-electron chi connectivity index (χ2n) is 6.83. The lowest BCUT2D eigenvalue weighted by Crippen LogP contribution is -2.40. The first-order valence-corrected chi connectivity index (χ1v) is 9.48. The lowest BCUT2D eigenvalue weighted by atomic mass is 9.84. The molecule has 4 nitrogen and oxygen atoms in total. The summed E-state index contributed by atoms with van der Waals surface area (Å²) in [5.41, 5.74) is 0.426. The fraction of sp³-hybridized carbons (Fsp3) is 0.588. The molecule has 1 aromatic carbocycles. The van der Waals surface area contributed by atoms with Crippen LogP contribution < -0.4 is 4.72 Å². The van der Waals surface area contributed by atoms with Gasteiger partial charge in [0.25, 0.3) is 0 Å². The third-order valence-corrected chi connectivity index (χ3v) is 6.88. The molecule has 0 spiro atoms. The molecule has 4 atom stereocenters. The Labute approximate surface area is 132 Å². The Balaban J connectivity index is 1.76. The summed E-state index contributed by atoms with van der Waals surface area (Å²) in [5, 5.41) is 0. The number of hydrogen-bond acceptors (Lipinski definition) is 3. The Hall–Kier alpha value is -1.20. The predicted octanol–water partition coefficient (Wildman–Crippen LogP) is 2.99. The molecule has 2 aliphatic rings. The monoisotopic (exact) mass is 321 g/mol. The number of nitrogens with one attached hydrogen (secondary N) is 1. The van der Waals surface area contributed by atoms with E-state index in [4.69, 9.17) is 0 Å². The minimum absolute atomic E-state index is 0.0544. The molecular weight excluding hydrogens is 298 g/mol. The number of rotatable bonds is 5. The molecule has 0 amide bonds. The number of Topliss-reactive ketones (excluding diaryl/α,β-unsaturated/α-hetero) is 1. The summed E-state index contributed by atoms with van der Waals surface area (Å²) in [4.78, 5) is 11.6. The largest absolute Gasteiger partial charge is 0.295 e. The van der Waals surface area contributed by atoms with Crippen LogP contribution in [0.5, 0.6) is 0 Å². The smallest absolute Gasteiger partial charge is 0.240 e. The molecule has 2 saturated carbocycles. The molecule has 0 aliphatic heterocycles. The van der Waals surface area contributed by atoms with Crippen molar-refractivity contribution in [1.29, 1.82) is 0 Å². The van der Waals surface area contributed by atoms with Gasteiger partial charge in [-0.3, -0.25) is 4.79 Å². The van der Waals surface area contributed by atoms with Crippen molar-refractivity contribution in [2.45, 2.75) is 50.5 Å². The van der Waals surface area contributed by atoms with Gasteiger partial charge in [0, 0.05) is 11.6 Å². The van der Waals surface area contributed by atoms with Gasteiger partial charge in [-0.1, -0.05) is 18.6 Å². The molecule has 0 unspecified atom stereocenters. The lowest BCUT2D eigenvalue weighted by molar-refractivity contribution is 0.101. The molecule has 2 aliphatic carbocycles. The van der Waals surface area contributed by atoms with Crippen LogP contribution >= 0.6 is 0 Å². The maximum Gasteiger partial charge on any atom is 0.240 e. The van der Waals surface area contributed by atoms with Gasteiger partial charge < -0.3 is 0 Å². The minimum Gasteiger partial charge on any atom is -0.295 e. The van der Waals surface area contributed by atoms with Crippen LogP contribution in [0.1, 0.15) is 49.9 Å². The Morgan fingerprint density at radius 2 is 2.05 bits per heavy atom. The normalized spacial score (nSPS) is 28.7. The van der Waals surface area contributed by atoms with E-state index in [2.05, 4.69) is 4.72 Å². The quantitative estimate of drug-likeness (QED) is 0.848. The molecule has 120 valence electrons.